The number of carbonyl (C=O) groups is 3. The third-order valence-corrected chi connectivity index (χ3v) is 4.09. The number of carboxylic acids is 1. The second kappa shape index (κ2) is 6.37. The first kappa shape index (κ1) is 15.5. The number of amides is 2. The lowest BCUT2D eigenvalue weighted by Gasteiger charge is -2.17. The minimum Gasteiger partial charge on any atom is -0.479 e. The van der Waals surface area contributed by atoms with Crippen LogP contribution in [0.15, 0.2) is 24.3 Å². The zero-order valence-corrected chi connectivity index (χ0v) is 12.5. The monoisotopic (exact) mass is 318 g/mol. The van der Waals surface area contributed by atoms with E-state index in [1.54, 1.807) is 23.1 Å². The van der Waals surface area contributed by atoms with Gasteiger partial charge in [-0.2, -0.15) is 0 Å². The van der Waals surface area contributed by atoms with Crippen molar-refractivity contribution in [1.82, 2.24) is 0 Å². The molecular formula is C16H18N2O5. The molecule has 2 aliphatic rings. The Bertz CT molecular complexity index is 645. The van der Waals surface area contributed by atoms with Gasteiger partial charge in [0.2, 0.25) is 5.91 Å². The molecule has 0 spiro atoms. The largest absolute Gasteiger partial charge is 0.479 e. The van der Waals surface area contributed by atoms with E-state index in [0.717, 1.165) is 12.1 Å². The molecule has 0 aliphatic carbocycles. The van der Waals surface area contributed by atoms with Gasteiger partial charge in [0.25, 0.3) is 5.91 Å². The number of anilines is 2. The van der Waals surface area contributed by atoms with Gasteiger partial charge in [-0.3, -0.25) is 9.59 Å². The van der Waals surface area contributed by atoms with Gasteiger partial charge in [-0.25, -0.2) is 4.79 Å². The molecule has 2 amide bonds. The van der Waals surface area contributed by atoms with Crippen LogP contribution in [-0.4, -0.2) is 41.6 Å². The number of carboxylic acid groups (broad SMARTS) is 1. The van der Waals surface area contributed by atoms with Crippen molar-refractivity contribution in [2.45, 2.75) is 37.9 Å². The van der Waals surface area contributed by atoms with E-state index < -0.39 is 18.2 Å². The Morgan fingerprint density at radius 1 is 1.26 bits per heavy atom. The summed E-state index contributed by atoms with van der Waals surface area (Å²) >= 11 is 0. The van der Waals surface area contributed by atoms with Crippen LogP contribution in [0.25, 0.3) is 0 Å². The van der Waals surface area contributed by atoms with Crippen molar-refractivity contribution >= 4 is 29.2 Å². The first-order valence-electron chi connectivity index (χ1n) is 7.64. The number of aliphatic carboxylic acids is 1. The fourth-order valence-corrected chi connectivity index (χ4v) is 2.91. The number of benzene rings is 1. The van der Waals surface area contributed by atoms with Gasteiger partial charge in [0.1, 0.15) is 6.10 Å². The number of nitrogens with zero attached hydrogens (tertiary/aromatic N) is 1. The summed E-state index contributed by atoms with van der Waals surface area (Å²) in [6.45, 7) is 0.683. The number of ether oxygens (including phenoxy) is 1. The Morgan fingerprint density at radius 3 is 2.70 bits per heavy atom. The van der Waals surface area contributed by atoms with Crippen LogP contribution in [0.1, 0.15) is 25.7 Å². The number of hydrogen-bond acceptors (Lipinski definition) is 4. The fourth-order valence-electron chi connectivity index (χ4n) is 2.91. The SMILES string of the molecule is O=C(Nc1cccc(N2CCCC2=O)c1)[C@@H]1CC[C@H](C(=O)O)O1. The van der Waals surface area contributed by atoms with Gasteiger partial charge in [-0.1, -0.05) is 6.07 Å². The number of hydrogen-bond donors (Lipinski definition) is 2. The number of nitrogens with one attached hydrogen (secondary N) is 1. The summed E-state index contributed by atoms with van der Waals surface area (Å²) < 4.78 is 5.23. The van der Waals surface area contributed by atoms with Crippen molar-refractivity contribution in [3.05, 3.63) is 24.3 Å². The van der Waals surface area contributed by atoms with Crippen molar-refractivity contribution in [3.8, 4) is 0 Å². The highest BCUT2D eigenvalue weighted by Gasteiger charge is 2.34. The molecule has 0 radical (unpaired) electrons. The lowest BCUT2D eigenvalue weighted by molar-refractivity contribution is -0.150. The average molecular weight is 318 g/mol. The first-order valence-corrected chi connectivity index (χ1v) is 7.64. The topological polar surface area (TPSA) is 95.9 Å². The van der Waals surface area contributed by atoms with E-state index in [1.165, 1.54) is 0 Å². The molecule has 2 heterocycles. The van der Waals surface area contributed by atoms with Crippen LogP contribution in [0, 0.1) is 0 Å². The van der Waals surface area contributed by atoms with Gasteiger partial charge in [-0.05, 0) is 37.5 Å². The van der Waals surface area contributed by atoms with E-state index in [4.69, 9.17) is 9.84 Å². The van der Waals surface area contributed by atoms with Crippen molar-refractivity contribution in [1.29, 1.82) is 0 Å². The molecule has 2 fully saturated rings. The van der Waals surface area contributed by atoms with Gasteiger partial charge in [0, 0.05) is 24.3 Å². The molecule has 0 saturated carbocycles. The maximum absolute atomic E-state index is 12.2. The van der Waals surface area contributed by atoms with Crippen LogP contribution < -0.4 is 10.2 Å². The predicted molar refractivity (Wildman–Crippen MR) is 82.2 cm³/mol. The quantitative estimate of drug-likeness (QED) is 0.874. The summed E-state index contributed by atoms with van der Waals surface area (Å²) in [6, 6.07) is 7.06. The van der Waals surface area contributed by atoms with Crippen LogP contribution in [0.3, 0.4) is 0 Å². The van der Waals surface area contributed by atoms with Crippen LogP contribution >= 0.6 is 0 Å². The summed E-state index contributed by atoms with van der Waals surface area (Å²) in [5, 5.41) is 11.6. The summed E-state index contributed by atoms with van der Waals surface area (Å²) in [7, 11) is 0. The molecule has 122 valence electrons. The third kappa shape index (κ3) is 3.34. The van der Waals surface area contributed by atoms with E-state index >= 15 is 0 Å². The Labute approximate surface area is 133 Å². The highest BCUT2D eigenvalue weighted by molar-refractivity contribution is 5.98. The Hall–Kier alpha value is -2.41. The highest BCUT2D eigenvalue weighted by Crippen LogP contribution is 2.25. The molecular weight excluding hydrogens is 300 g/mol. The van der Waals surface area contributed by atoms with Crippen molar-refractivity contribution < 1.29 is 24.2 Å². The fraction of sp³-hybridized carbons (Fsp3) is 0.438. The zero-order valence-electron chi connectivity index (χ0n) is 12.5. The van der Waals surface area contributed by atoms with E-state index in [0.29, 0.717) is 31.5 Å². The molecule has 2 N–H and O–H groups in total. The van der Waals surface area contributed by atoms with Gasteiger partial charge < -0.3 is 20.1 Å². The molecule has 0 bridgehead atoms. The molecule has 7 heteroatoms. The molecule has 23 heavy (non-hydrogen) atoms. The predicted octanol–water partition coefficient (Wildman–Crippen LogP) is 1.38. The van der Waals surface area contributed by atoms with Crippen molar-refractivity contribution in [2.24, 2.45) is 0 Å². The van der Waals surface area contributed by atoms with E-state index in [2.05, 4.69) is 5.32 Å². The second-order valence-electron chi connectivity index (χ2n) is 5.72. The summed E-state index contributed by atoms with van der Waals surface area (Å²) in [4.78, 5) is 36.5. The Kier molecular flexibility index (Phi) is 4.29. The summed E-state index contributed by atoms with van der Waals surface area (Å²) in [5.41, 5.74) is 1.32. The highest BCUT2D eigenvalue weighted by atomic mass is 16.5. The molecule has 0 aromatic heterocycles. The summed E-state index contributed by atoms with van der Waals surface area (Å²) in [6.07, 6.45) is 0.417. The van der Waals surface area contributed by atoms with E-state index in [-0.39, 0.29) is 11.8 Å². The van der Waals surface area contributed by atoms with Crippen LogP contribution in [0.5, 0.6) is 0 Å². The van der Waals surface area contributed by atoms with Crippen molar-refractivity contribution in [2.75, 3.05) is 16.8 Å². The van der Waals surface area contributed by atoms with Gasteiger partial charge >= 0.3 is 5.97 Å². The molecule has 1 aromatic carbocycles. The lowest BCUT2D eigenvalue weighted by Crippen LogP contribution is -2.30. The van der Waals surface area contributed by atoms with Gasteiger partial charge in [0.15, 0.2) is 6.10 Å². The minimum absolute atomic E-state index is 0.0805. The first-order chi connectivity index (χ1) is 11.0. The standard InChI is InChI=1S/C16H18N2O5/c19-14-5-2-8-18(14)11-4-1-3-10(9-11)17-15(20)12-6-7-13(23-12)16(21)22/h1,3-4,9,12-13H,2,5-8H2,(H,17,20)(H,21,22)/t12-,13+/m0/s1. The molecule has 0 unspecified atom stereocenters. The average Bonchev–Trinajstić information content (AvgIpc) is 3.16. The normalized spacial score (nSPS) is 24.0. The molecule has 2 aliphatic heterocycles. The van der Waals surface area contributed by atoms with Crippen LogP contribution in [0.2, 0.25) is 0 Å². The molecule has 7 nitrogen and oxygen atoms in total. The molecule has 2 saturated heterocycles. The molecule has 1 aromatic rings. The summed E-state index contributed by atoms with van der Waals surface area (Å²) in [5.74, 6) is -1.33. The van der Waals surface area contributed by atoms with Crippen LogP contribution in [0.4, 0.5) is 11.4 Å². The Balaban J connectivity index is 1.65. The number of rotatable bonds is 4. The Morgan fingerprint density at radius 2 is 2.04 bits per heavy atom. The molecule has 3 rings (SSSR count). The maximum atomic E-state index is 12.2. The van der Waals surface area contributed by atoms with Crippen molar-refractivity contribution in [3.63, 3.8) is 0 Å². The lowest BCUT2D eigenvalue weighted by atomic mass is 10.2. The smallest absolute Gasteiger partial charge is 0.332 e. The van der Waals surface area contributed by atoms with E-state index in [1.807, 2.05) is 6.07 Å². The second-order valence-corrected chi connectivity index (χ2v) is 5.72. The van der Waals surface area contributed by atoms with Gasteiger partial charge in [0.05, 0.1) is 0 Å². The van der Waals surface area contributed by atoms with Crippen LogP contribution in [-0.2, 0) is 19.1 Å². The minimum atomic E-state index is -1.05. The molecule has 2 atom stereocenters. The van der Waals surface area contributed by atoms with Gasteiger partial charge in [-0.15, -0.1) is 0 Å². The zero-order chi connectivity index (χ0) is 16.4. The maximum Gasteiger partial charge on any atom is 0.332 e. The van der Waals surface area contributed by atoms with E-state index in [9.17, 15) is 14.4 Å². The third-order valence-electron chi connectivity index (χ3n) is 4.09. The number of carbonyl (C=O) groups excluding carboxylic acids is 2.